The second-order valence-corrected chi connectivity index (χ2v) is 5.93. The van der Waals surface area contributed by atoms with Gasteiger partial charge < -0.3 is 5.32 Å². The van der Waals surface area contributed by atoms with Gasteiger partial charge in [0.15, 0.2) is 0 Å². The molecule has 1 rings (SSSR count). The average Bonchev–Trinajstić information content (AvgIpc) is 2.30. The Bertz CT molecular complexity index is 421. The molecule has 17 heavy (non-hydrogen) atoms. The van der Waals surface area contributed by atoms with Gasteiger partial charge in [0.05, 0.1) is 15.6 Å². The molecule has 0 bridgehead atoms. The van der Waals surface area contributed by atoms with Gasteiger partial charge in [-0.2, -0.15) is 0 Å². The van der Waals surface area contributed by atoms with Gasteiger partial charge in [0.25, 0.3) is 5.91 Å². The molecule has 1 N–H and O–H groups in total. The molecule has 1 amide bonds. The molecule has 0 radical (unpaired) electrons. The maximum atomic E-state index is 11.9. The molecular weight excluding hydrogens is 325 g/mol. The van der Waals surface area contributed by atoms with E-state index in [9.17, 15) is 4.79 Å². The number of hydrogen-bond acceptors (Lipinski definition) is 1. The molecule has 94 valence electrons. The Labute approximate surface area is 120 Å². The fourth-order valence-corrected chi connectivity index (χ4v) is 1.73. The van der Waals surface area contributed by atoms with Crippen molar-refractivity contribution in [2.24, 2.45) is 5.41 Å². The van der Waals surface area contributed by atoms with E-state index in [0.29, 0.717) is 22.2 Å². The molecule has 1 aromatic carbocycles. The molecule has 0 spiro atoms. The van der Waals surface area contributed by atoms with Gasteiger partial charge in [0.2, 0.25) is 0 Å². The van der Waals surface area contributed by atoms with E-state index < -0.39 is 0 Å². The Balaban J connectivity index is 2.74. The van der Waals surface area contributed by atoms with E-state index in [1.807, 2.05) is 0 Å². The predicted octanol–water partition coefficient (Wildman–Crippen LogP) is 4.14. The lowest BCUT2D eigenvalue weighted by molar-refractivity contribution is 0.0940. The molecule has 1 aromatic rings. The van der Waals surface area contributed by atoms with Gasteiger partial charge in [-0.05, 0) is 17.5 Å². The van der Waals surface area contributed by atoms with Crippen LogP contribution in [0.3, 0.4) is 0 Å². The molecule has 0 unspecified atom stereocenters. The number of amides is 1. The number of halogens is 3. The summed E-state index contributed by atoms with van der Waals surface area (Å²) in [6.45, 7) is 4.68. The lowest BCUT2D eigenvalue weighted by atomic mass is 9.97. The first-order valence-electron chi connectivity index (χ1n) is 5.15. The zero-order valence-electron chi connectivity index (χ0n) is 9.69. The summed E-state index contributed by atoms with van der Waals surface area (Å²) in [4.78, 5) is 11.9. The molecule has 0 fully saturated rings. The largest absolute Gasteiger partial charge is 0.351 e. The molecule has 0 saturated carbocycles. The third kappa shape index (κ3) is 4.16. The van der Waals surface area contributed by atoms with Crippen molar-refractivity contribution in [2.75, 3.05) is 11.9 Å². The van der Waals surface area contributed by atoms with Crippen LogP contribution in [-0.4, -0.2) is 17.8 Å². The molecular formula is C12H14BrCl2NO. The Kier molecular flexibility index (Phi) is 5.29. The molecule has 0 aliphatic rings. The molecule has 2 nitrogen and oxygen atoms in total. The van der Waals surface area contributed by atoms with Crippen molar-refractivity contribution >= 4 is 45.0 Å². The summed E-state index contributed by atoms with van der Waals surface area (Å²) in [6, 6.07) is 5.02. The minimum Gasteiger partial charge on any atom is -0.351 e. The van der Waals surface area contributed by atoms with Crippen LogP contribution < -0.4 is 5.32 Å². The van der Waals surface area contributed by atoms with E-state index in [4.69, 9.17) is 23.2 Å². The maximum absolute atomic E-state index is 11.9. The SMILES string of the molecule is CC(C)(CBr)CNC(=O)c1cccc(Cl)c1Cl. The Morgan fingerprint density at radius 2 is 2.06 bits per heavy atom. The van der Waals surface area contributed by atoms with Gasteiger partial charge >= 0.3 is 0 Å². The summed E-state index contributed by atoms with van der Waals surface area (Å²) in [5, 5.41) is 4.34. The van der Waals surface area contributed by atoms with Crippen LogP contribution in [0.25, 0.3) is 0 Å². The van der Waals surface area contributed by atoms with E-state index in [0.717, 1.165) is 5.33 Å². The second-order valence-electron chi connectivity index (χ2n) is 4.58. The molecule has 0 heterocycles. The summed E-state index contributed by atoms with van der Waals surface area (Å²) >= 11 is 15.2. The molecule has 0 atom stereocenters. The molecule has 0 aliphatic heterocycles. The van der Waals surface area contributed by atoms with Crippen LogP contribution in [0.4, 0.5) is 0 Å². The Hall–Kier alpha value is -0.250. The normalized spacial score (nSPS) is 11.4. The summed E-state index contributed by atoms with van der Waals surface area (Å²) in [5.41, 5.74) is 0.408. The van der Waals surface area contributed by atoms with Crippen LogP contribution in [0.5, 0.6) is 0 Å². The van der Waals surface area contributed by atoms with Gasteiger partial charge in [-0.1, -0.05) is 59.0 Å². The van der Waals surface area contributed by atoms with Crippen LogP contribution in [-0.2, 0) is 0 Å². The lowest BCUT2D eigenvalue weighted by Crippen LogP contribution is -2.35. The van der Waals surface area contributed by atoms with Crippen LogP contribution in [0.15, 0.2) is 18.2 Å². The molecule has 0 aromatic heterocycles. The third-order valence-electron chi connectivity index (χ3n) is 2.29. The van der Waals surface area contributed by atoms with Gasteiger partial charge in [0, 0.05) is 11.9 Å². The third-order valence-corrected chi connectivity index (χ3v) is 4.62. The van der Waals surface area contributed by atoms with Crippen molar-refractivity contribution in [3.63, 3.8) is 0 Å². The Morgan fingerprint density at radius 1 is 1.41 bits per heavy atom. The van der Waals surface area contributed by atoms with Crippen LogP contribution in [0, 0.1) is 5.41 Å². The molecule has 5 heteroatoms. The first-order valence-corrected chi connectivity index (χ1v) is 7.03. The highest BCUT2D eigenvalue weighted by atomic mass is 79.9. The number of rotatable bonds is 4. The van der Waals surface area contributed by atoms with Crippen molar-refractivity contribution in [2.45, 2.75) is 13.8 Å². The van der Waals surface area contributed by atoms with Crippen LogP contribution >= 0.6 is 39.1 Å². The minimum atomic E-state index is -0.202. The van der Waals surface area contributed by atoms with E-state index in [-0.39, 0.29) is 11.3 Å². The van der Waals surface area contributed by atoms with E-state index >= 15 is 0 Å². The van der Waals surface area contributed by atoms with Gasteiger partial charge in [0.1, 0.15) is 0 Å². The summed E-state index contributed by atoms with van der Waals surface area (Å²) in [7, 11) is 0. The van der Waals surface area contributed by atoms with E-state index in [1.54, 1.807) is 18.2 Å². The zero-order chi connectivity index (χ0) is 13.1. The lowest BCUT2D eigenvalue weighted by Gasteiger charge is -2.22. The number of nitrogens with one attached hydrogen (secondary N) is 1. The number of hydrogen-bond donors (Lipinski definition) is 1. The van der Waals surface area contributed by atoms with Crippen LogP contribution in [0.2, 0.25) is 10.0 Å². The fraction of sp³-hybridized carbons (Fsp3) is 0.417. The van der Waals surface area contributed by atoms with Gasteiger partial charge in [-0.3, -0.25) is 4.79 Å². The average molecular weight is 339 g/mol. The van der Waals surface area contributed by atoms with Crippen molar-refractivity contribution < 1.29 is 4.79 Å². The number of benzene rings is 1. The fourth-order valence-electron chi connectivity index (χ4n) is 1.14. The van der Waals surface area contributed by atoms with Gasteiger partial charge in [-0.25, -0.2) is 0 Å². The summed E-state index contributed by atoms with van der Waals surface area (Å²) in [5.74, 6) is -0.202. The predicted molar refractivity (Wildman–Crippen MR) is 76.4 cm³/mol. The van der Waals surface area contributed by atoms with Crippen molar-refractivity contribution in [1.29, 1.82) is 0 Å². The van der Waals surface area contributed by atoms with Crippen LogP contribution in [0.1, 0.15) is 24.2 Å². The van der Waals surface area contributed by atoms with Crippen molar-refractivity contribution in [1.82, 2.24) is 5.32 Å². The maximum Gasteiger partial charge on any atom is 0.252 e. The smallest absolute Gasteiger partial charge is 0.252 e. The second kappa shape index (κ2) is 6.07. The highest BCUT2D eigenvalue weighted by molar-refractivity contribution is 9.09. The molecule has 0 saturated heterocycles. The first kappa shape index (κ1) is 14.8. The quantitative estimate of drug-likeness (QED) is 0.821. The number of alkyl halides is 1. The zero-order valence-corrected chi connectivity index (χ0v) is 12.8. The van der Waals surface area contributed by atoms with Crippen molar-refractivity contribution in [3.8, 4) is 0 Å². The highest BCUT2D eigenvalue weighted by Gasteiger charge is 2.19. The van der Waals surface area contributed by atoms with E-state index in [1.165, 1.54) is 0 Å². The monoisotopic (exact) mass is 337 g/mol. The highest BCUT2D eigenvalue weighted by Crippen LogP contribution is 2.25. The summed E-state index contributed by atoms with van der Waals surface area (Å²) in [6.07, 6.45) is 0. The molecule has 0 aliphatic carbocycles. The first-order chi connectivity index (χ1) is 7.87. The topological polar surface area (TPSA) is 29.1 Å². The summed E-state index contributed by atoms with van der Waals surface area (Å²) < 4.78 is 0. The Morgan fingerprint density at radius 3 is 2.65 bits per heavy atom. The standard InChI is InChI=1S/C12H14BrCl2NO/c1-12(2,6-13)7-16-11(17)8-4-3-5-9(14)10(8)15/h3-5H,6-7H2,1-2H3,(H,16,17). The van der Waals surface area contributed by atoms with E-state index in [2.05, 4.69) is 35.1 Å². The van der Waals surface area contributed by atoms with Gasteiger partial charge in [-0.15, -0.1) is 0 Å². The van der Waals surface area contributed by atoms with Crippen molar-refractivity contribution in [3.05, 3.63) is 33.8 Å². The number of carbonyl (C=O) groups is 1. The number of carbonyl (C=O) groups excluding carboxylic acids is 1. The minimum absolute atomic E-state index is 0.000706.